The molecule has 0 aliphatic rings. The summed E-state index contributed by atoms with van der Waals surface area (Å²) in [5, 5.41) is 12.2. The zero-order valence-electron chi connectivity index (χ0n) is 13.6. The van der Waals surface area contributed by atoms with Crippen LogP contribution < -0.4 is 5.32 Å². The van der Waals surface area contributed by atoms with Crippen LogP contribution in [0, 0.1) is 6.92 Å². The van der Waals surface area contributed by atoms with Gasteiger partial charge in [-0.1, -0.05) is 29.8 Å². The van der Waals surface area contributed by atoms with Crippen LogP contribution in [-0.4, -0.2) is 21.0 Å². The van der Waals surface area contributed by atoms with E-state index in [0.717, 1.165) is 29.3 Å². The number of fused-ring (bicyclic) bond motifs is 1. The molecule has 2 aromatic carbocycles. The van der Waals surface area contributed by atoms with Crippen LogP contribution in [0.2, 0.25) is 0 Å². The van der Waals surface area contributed by atoms with Gasteiger partial charge in [0.15, 0.2) is 11.5 Å². The van der Waals surface area contributed by atoms with Gasteiger partial charge in [-0.05, 0) is 30.7 Å². The molecule has 0 aliphatic heterocycles. The Hall–Kier alpha value is -3.16. The van der Waals surface area contributed by atoms with E-state index >= 15 is 0 Å². The zero-order chi connectivity index (χ0) is 18.9. The summed E-state index contributed by atoms with van der Waals surface area (Å²) >= 11 is 0. The van der Waals surface area contributed by atoms with Gasteiger partial charge in [0.1, 0.15) is 0 Å². The molecule has 134 valence electrons. The number of benzene rings is 2. The first-order valence-electron chi connectivity index (χ1n) is 7.66. The van der Waals surface area contributed by atoms with Gasteiger partial charge in [-0.25, -0.2) is 14.8 Å². The molecule has 0 spiro atoms. The Balaban J connectivity index is 2.00. The fourth-order valence-corrected chi connectivity index (χ4v) is 2.51. The first-order valence-corrected chi connectivity index (χ1v) is 7.66. The quantitative estimate of drug-likeness (QED) is 0.726. The summed E-state index contributed by atoms with van der Waals surface area (Å²) < 4.78 is 38.6. The molecule has 1 aromatic heterocycles. The second-order valence-electron chi connectivity index (χ2n) is 5.77. The second kappa shape index (κ2) is 6.62. The van der Waals surface area contributed by atoms with Gasteiger partial charge < -0.3 is 10.4 Å². The molecule has 1 heterocycles. The lowest BCUT2D eigenvalue weighted by Crippen LogP contribution is -2.12. The van der Waals surface area contributed by atoms with E-state index in [1.54, 1.807) is 0 Å². The van der Waals surface area contributed by atoms with E-state index < -0.39 is 17.7 Å². The minimum atomic E-state index is -4.52. The highest BCUT2D eigenvalue weighted by atomic mass is 19.4. The minimum absolute atomic E-state index is 0.0310. The summed E-state index contributed by atoms with van der Waals surface area (Å²) in [6.45, 7) is 2.18. The van der Waals surface area contributed by atoms with Gasteiger partial charge in [0.2, 0.25) is 0 Å². The number of alkyl halides is 3. The van der Waals surface area contributed by atoms with Crippen molar-refractivity contribution in [3.63, 3.8) is 0 Å². The topological polar surface area (TPSA) is 75.1 Å². The fraction of sp³-hybridized carbons (Fsp3) is 0.167. The highest BCUT2D eigenvalue weighted by Gasteiger charge is 2.31. The molecular formula is C18H14F3N3O2. The summed E-state index contributed by atoms with van der Waals surface area (Å²) in [4.78, 5) is 19.4. The van der Waals surface area contributed by atoms with Crippen LogP contribution in [0.3, 0.4) is 0 Å². The average molecular weight is 361 g/mol. The maximum absolute atomic E-state index is 12.9. The first-order chi connectivity index (χ1) is 12.2. The average Bonchev–Trinajstić information content (AvgIpc) is 2.57. The van der Waals surface area contributed by atoms with Gasteiger partial charge >= 0.3 is 12.1 Å². The van der Waals surface area contributed by atoms with E-state index in [4.69, 9.17) is 0 Å². The third kappa shape index (κ3) is 3.74. The van der Waals surface area contributed by atoms with Crippen molar-refractivity contribution in [2.24, 2.45) is 0 Å². The van der Waals surface area contributed by atoms with Crippen LogP contribution in [0.5, 0.6) is 0 Å². The van der Waals surface area contributed by atoms with E-state index in [1.165, 1.54) is 0 Å². The monoisotopic (exact) mass is 361 g/mol. The molecule has 5 nitrogen and oxygen atoms in total. The van der Waals surface area contributed by atoms with Crippen molar-refractivity contribution in [3.8, 4) is 0 Å². The lowest BCUT2D eigenvalue weighted by molar-refractivity contribution is -0.137. The van der Waals surface area contributed by atoms with Crippen molar-refractivity contribution in [3.05, 3.63) is 64.8 Å². The lowest BCUT2D eigenvalue weighted by Gasteiger charge is -2.11. The molecule has 0 amide bonds. The van der Waals surface area contributed by atoms with Gasteiger partial charge in [-0.15, -0.1) is 0 Å². The third-order valence-corrected chi connectivity index (χ3v) is 3.74. The molecule has 0 fully saturated rings. The Morgan fingerprint density at radius 1 is 1.12 bits per heavy atom. The van der Waals surface area contributed by atoms with Gasteiger partial charge in [0.25, 0.3) is 0 Å². The Kier molecular flexibility index (Phi) is 4.50. The molecule has 3 aromatic rings. The summed E-state index contributed by atoms with van der Waals surface area (Å²) in [6.07, 6.45) is -4.52. The standard InChI is InChI=1S/C18H14F3N3O2/c1-10-3-2-4-11(7-10)9-22-16-15(17(25)26)23-13-6-5-12(18(19,20)21)8-14(13)24-16/h2-8H,9H2,1H3,(H,22,24)(H,25,26). The second-order valence-corrected chi connectivity index (χ2v) is 5.77. The van der Waals surface area contributed by atoms with Gasteiger partial charge in [0.05, 0.1) is 16.6 Å². The molecule has 0 bridgehead atoms. The molecule has 0 radical (unpaired) electrons. The number of hydrogen-bond acceptors (Lipinski definition) is 4. The summed E-state index contributed by atoms with van der Waals surface area (Å²) in [5.74, 6) is -1.39. The number of rotatable bonds is 4. The number of nitrogens with one attached hydrogen (secondary N) is 1. The highest BCUT2D eigenvalue weighted by Crippen LogP contribution is 2.31. The normalized spacial score (nSPS) is 11.5. The molecule has 0 atom stereocenters. The van der Waals surface area contributed by atoms with Gasteiger partial charge in [-0.3, -0.25) is 0 Å². The summed E-state index contributed by atoms with van der Waals surface area (Å²) in [5.41, 5.74) is 0.749. The molecule has 0 saturated heterocycles. The molecule has 8 heteroatoms. The van der Waals surface area contributed by atoms with Crippen LogP contribution in [0.15, 0.2) is 42.5 Å². The molecular weight excluding hydrogens is 347 g/mol. The molecule has 3 rings (SSSR count). The number of aromatic carboxylic acids is 1. The SMILES string of the molecule is Cc1cccc(CNc2nc3cc(C(F)(F)F)ccc3nc2C(=O)O)c1. The van der Waals surface area contributed by atoms with Gasteiger partial charge in [-0.2, -0.15) is 13.2 Å². The van der Waals surface area contributed by atoms with Gasteiger partial charge in [0, 0.05) is 6.54 Å². The van der Waals surface area contributed by atoms with E-state index in [0.29, 0.717) is 0 Å². The Labute approximate surface area is 146 Å². The fourth-order valence-electron chi connectivity index (χ4n) is 2.51. The molecule has 0 unspecified atom stereocenters. The predicted molar refractivity (Wildman–Crippen MR) is 90.0 cm³/mol. The number of halogens is 3. The first kappa shape index (κ1) is 17.7. The number of hydrogen-bond donors (Lipinski definition) is 2. The maximum Gasteiger partial charge on any atom is 0.416 e. The molecule has 26 heavy (non-hydrogen) atoms. The zero-order valence-corrected chi connectivity index (χ0v) is 13.6. The lowest BCUT2D eigenvalue weighted by atomic mass is 10.1. The van der Waals surface area contributed by atoms with E-state index in [9.17, 15) is 23.1 Å². The Morgan fingerprint density at radius 3 is 2.54 bits per heavy atom. The molecule has 0 saturated carbocycles. The van der Waals surface area contributed by atoms with Crippen LogP contribution >= 0.6 is 0 Å². The third-order valence-electron chi connectivity index (χ3n) is 3.74. The van der Waals surface area contributed by atoms with Crippen LogP contribution in [0.1, 0.15) is 27.2 Å². The number of carboxylic acid groups (broad SMARTS) is 1. The summed E-state index contributed by atoms with van der Waals surface area (Å²) in [7, 11) is 0. The Morgan fingerprint density at radius 2 is 1.88 bits per heavy atom. The van der Waals surface area contributed by atoms with Crippen molar-refractivity contribution in [1.29, 1.82) is 0 Å². The number of aryl methyl sites for hydroxylation is 1. The van der Waals surface area contributed by atoms with E-state index in [2.05, 4.69) is 15.3 Å². The van der Waals surface area contributed by atoms with Crippen molar-refractivity contribution in [1.82, 2.24) is 9.97 Å². The Bertz CT molecular complexity index is 987. The highest BCUT2D eigenvalue weighted by molar-refractivity contribution is 5.94. The van der Waals surface area contributed by atoms with E-state index in [-0.39, 0.29) is 29.1 Å². The smallest absolute Gasteiger partial charge is 0.416 e. The van der Waals surface area contributed by atoms with Crippen LogP contribution in [0.25, 0.3) is 11.0 Å². The number of nitrogens with zero attached hydrogens (tertiary/aromatic N) is 2. The largest absolute Gasteiger partial charge is 0.476 e. The van der Waals surface area contributed by atoms with Crippen LogP contribution in [0.4, 0.5) is 19.0 Å². The molecule has 2 N–H and O–H groups in total. The van der Waals surface area contributed by atoms with Crippen LogP contribution in [-0.2, 0) is 12.7 Å². The van der Waals surface area contributed by atoms with Crippen molar-refractivity contribution < 1.29 is 23.1 Å². The minimum Gasteiger partial charge on any atom is -0.476 e. The van der Waals surface area contributed by atoms with E-state index in [1.807, 2.05) is 31.2 Å². The van der Waals surface area contributed by atoms with Crippen molar-refractivity contribution in [2.75, 3.05) is 5.32 Å². The summed E-state index contributed by atoms with van der Waals surface area (Å²) in [6, 6.07) is 10.3. The number of aromatic nitrogens is 2. The number of anilines is 1. The maximum atomic E-state index is 12.9. The molecule has 0 aliphatic carbocycles. The predicted octanol–water partition coefficient (Wildman–Crippen LogP) is 4.27. The number of carbonyl (C=O) groups is 1. The van der Waals surface area contributed by atoms with Crippen molar-refractivity contribution >= 4 is 22.8 Å². The van der Waals surface area contributed by atoms with Crippen molar-refractivity contribution in [2.45, 2.75) is 19.6 Å². The number of carboxylic acids is 1.